The highest BCUT2D eigenvalue weighted by Crippen LogP contribution is 2.23. The zero-order chi connectivity index (χ0) is 10.1. The van der Waals surface area contributed by atoms with E-state index in [9.17, 15) is 10.2 Å². The van der Waals surface area contributed by atoms with E-state index >= 15 is 0 Å². The van der Waals surface area contributed by atoms with Crippen LogP contribution in [0, 0.1) is 5.92 Å². The summed E-state index contributed by atoms with van der Waals surface area (Å²) in [6.45, 7) is 0.477. The second-order valence-electron chi connectivity index (χ2n) is 3.53. The number of nitrogens with zero attached hydrogens (tertiary/aromatic N) is 1. The lowest BCUT2D eigenvalue weighted by Gasteiger charge is -2.31. The first-order valence-corrected chi connectivity index (χ1v) is 4.54. The van der Waals surface area contributed by atoms with Gasteiger partial charge in [0.15, 0.2) is 12.2 Å². The molecule has 0 saturated heterocycles. The van der Waals surface area contributed by atoms with Crippen molar-refractivity contribution in [2.45, 2.75) is 12.6 Å². The summed E-state index contributed by atoms with van der Waals surface area (Å²) in [6.07, 6.45) is -0.329. The molecule has 2 aliphatic rings. The number of nitrogens with two attached hydrogens (primary N) is 1. The van der Waals surface area contributed by atoms with Crippen molar-refractivity contribution in [3.8, 4) is 0 Å². The van der Waals surface area contributed by atoms with E-state index in [-0.39, 0.29) is 18.5 Å². The Hall–Kier alpha value is -1.27. The van der Waals surface area contributed by atoms with Crippen LogP contribution < -0.4 is 16.4 Å². The van der Waals surface area contributed by atoms with E-state index in [1.54, 1.807) is 0 Å². The lowest BCUT2D eigenvalue weighted by molar-refractivity contribution is 0.129. The molecule has 6 heteroatoms. The van der Waals surface area contributed by atoms with Gasteiger partial charge in [-0.15, -0.1) is 0 Å². The van der Waals surface area contributed by atoms with E-state index in [1.807, 2.05) is 0 Å². The summed E-state index contributed by atoms with van der Waals surface area (Å²) in [4.78, 5) is 3.77. The smallest absolute Gasteiger partial charge is 0.197 e. The summed E-state index contributed by atoms with van der Waals surface area (Å²) >= 11 is 0. The van der Waals surface area contributed by atoms with Crippen molar-refractivity contribution in [2.24, 2.45) is 16.6 Å². The average molecular weight is 197 g/mol. The maximum Gasteiger partial charge on any atom is 0.197 e. The summed E-state index contributed by atoms with van der Waals surface area (Å²) < 4.78 is 0. The van der Waals surface area contributed by atoms with Crippen LogP contribution in [0.15, 0.2) is 16.4 Å². The molecule has 5 N–H and O–H groups in total. The Balaban J connectivity index is 2.17. The van der Waals surface area contributed by atoms with Crippen LogP contribution in [0.25, 0.3) is 0 Å². The third-order valence-corrected chi connectivity index (χ3v) is 2.46. The Kier molecular flexibility index (Phi) is 2.30. The van der Waals surface area contributed by atoms with E-state index in [2.05, 4.69) is 15.6 Å². The van der Waals surface area contributed by atoms with Crippen LogP contribution in [0.3, 0.4) is 0 Å². The lowest BCUT2D eigenvalue weighted by Crippen LogP contribution is -2.47. The van der Waals surface area contributed by atoms with Crippen LogP contribution in [0.2, 0.25) is 0 Å². The van der Waals surface area contributed by atoms with Gasteiger partial charge in [0.05, 0.1) is 6.61 Å². The maximum atomic E-state index is 10.7. The van der Waals surface area contributed by atoms with Crippen molar-refractivity contribution in [1.29, 1.82) is 0 Å². The summed E-state index contributed by atoms with van der Waals surface area (Å²) in [7, 11) is 0. The molecular formula is C8H13N4O2. The highest BCUT2D eigenvalue weighted by atomic mass is 16.3. The number of hydrogen-bond acceptors (Lipinski definition) is 5. The molecule has 2 heterocycles. The predicted octanol–water partition coefficient (Wildman–Crippen LogP) is -1.53. The van der Waals surface area contributed by atoms with E-state index in [4.69, 9.17) is 5.73 Å². The second kappa shape index (κ2) is 3.47. The van der Waals surface area contributed by atoms with Gasteiger partial charge in [-0.2, -0.15) is 0 Å². The minimum Gasteiger partial charge on any atom is -0.371 e. The Morgan fingerprint density at radius 3 is 3.14 bits per heavy atom. The van der Waals surface area contributed by atoms with Gasteiger partial charge in [0.25, 0.3) is 0 Å². The van der Waals surface area contributed by atoms with Gasteiger partial charge in [-0.05, 0) is 6.42 Å². The first kappa shape index (κ1) is 9.29. The van der Waals surface area contributed by atoms with Gasteiger partial charge in [-0.3, -0.25) is 0 Å². The van der Waals surface area contributed by atoms with Crippen LogP contribution in [-0.4, -0.2) is 30.4 Å². The van der Waals surface area contributed by atoms with Gasteiger partial charge in [-0.25, -0.2) is 10.1 Å². The molecule has 0 saturated carbocycles. The first-order valence-electron chi connectivity index (χ1n) is 4.54. The molecule has 0 aromatic carbocycles. The van der Waals surface area contributed by atoms with Gasteiger partial charge in [0.2, 0.25) is 0 Å². The number of hydrogen-bond donors (Lipinski definition) is 4. The molecule has 2 rings (SSSR count). The van der Waals surface area contributed by atoms with E-state index < -0.39 is 6.23 Å². The fourth-order valence-electron chi connectivity index (χ4n) is 1.69. The van der Waals surface area contributed by atoms with Crippen LogP contribution in [0.5, 0.6) is 0 Å². The Morgan fingerprint density at radius 2 is 2.43 bits per heavy atom. The number of rotatable bonds is 1. The molecule has 0 bridgehead atoms. The minimum atomic E-state index is -0.909. The van der Waals surface area contributed by atoms with Crippen LogP contribution >= 0.6 is 0 Å². The number of nitrogens with one attached hydrogen (secondary N) is 2. The number of aliphatic hydroxyl groups excluding tert-OH is 1. The minimum absolute atomic E-state index is 0.0275. The Morgan fingerprint density at radius 1 is 1.64 bits per heavy atom. The SMILES string of the molecule is NC1=NC(O)C2=C(NCC(C[O])C2)N1. The lowest BCUT2D eigenvalue weighted by atomic mass is 9.95. The van der Waals surface area contributed by atoms with Crippen LogP contribution in [-0.2, 0) is 5.11 Å². The van der Waals surface area contributed by atoms with Crippen LogP contribution in [0.1, 0.15) is 6.42 Å². The molecule has 0 aromatic rings. The standard InChI is InChI=1S/C8H13N4O2/c9-8-11-6-5(7(14)12-8)1-4(3-13)2-10-6/h4,7,10,14H,1-3H2,(H3,9,11,12). The summed E-state index contributed by atoms with van der Waals surface area (Å²) in [5.41, 5.74) is 6.17. The van der Waals surface area contributed by atoms with Gasteiger partial charge in [-0.1, -0.05) is 0 Å². The largest absolute Gasteiger partial charge is 0.371 e. The van der Waals surface area contributed by atoms with E-state index in [1.165, 1.54) is 0 Å². The van der Waals surface area contributed by atoms with Crippen molar-refractivity contribution in [3.05, 3.63) is 11.4 Å². The molecule has 6 nitrogen and oxygen atoms in total. The summed E-state index contributed by atoms with van der Waals surface area (Å²) in [5, 5.41) is 26.1. The molecule has 1 radical (unpaired) electrons. The second-order valence-corrected chi connectivity index (χ2v) is 3.53. The summed E-state index contributed by atoms with van der Waals surface area (Å²) in [6, 6.07) is 0. The van der Waals surface area contributed by atoms with Crippen molar-refractivity contribution in [1.82, 2.24) is 10.6 Å². The van der Waals surface area contributed by atoms with Crippen molar-refractivity contribution in [2.75, 3.05) is 13.2 Å². The van der Waals surface area contributed by atoms with Gasteiger partial charge in [0, 0.05) is 18.0 Å². The molecule has 2 unspecified atom stereocenters. The molecule has 0 spiro atoms. The fraction of sp³-hybridized carbons (Fsp3) is 0.625. The molecule has 77 valence electrons. The third kappa shape index (κ3) is 1.53. The maximum absolute atomic E-state index is 10.7. The molecule has 0 aliphatic carbocycles. The normalized spacial score (nSPS) is 31.4. The first-order chi connectivity index (χ1) is 6.70. The highest BCUT2D eigenvalue weighted by Gasteiger charge is 2.28. The van der Waals surface area contributed by atoms with E-state index in [0.29, 0.717) is 18.8 Å². The van der Waals surface area contributed by atoms with Gasteiger partial charge in [0.1, 0.15) is 5.82 Å². The quantitative estimate of drug-likeness (QED) is 0.409. The molecule has 0 fully saturated rings. The molecule has 2 atom stereocenters. The average Bonchev–Trinajstić information content (AvgIpc) is 2.17. The zero-order valence-electron chi connectivity index (χ0n) is 7.66. The predicted molar refractivity (Wildman–Crippen MR) is 49.5 cm³/mol. The summed E-state index contributed by atoms with van der Waals surface area (Å²) in [5.74, 6) is 0.929. The topological polar surface area (TPSA) is 103 Å². The van der Waals surface area contributed by atoms with E-state index in [0.717, 1.165) is 5.57 Å². The Bertz CT molecular complexity index is 300. The third-order valence-electron chi connectivity index (χ3n) is 2.46. The van der Waals surface area contributed by atoms with Gasteiger partial charge >= 0.3 is 0 Å². The fourth-order valence-corrected chi connectivity index (χ4v) is 1.69. The molecule has 14 heavy (non-hydrogen) atoms. The molecule has 0 amide bonds. The van der Waals surface area contributed by atoms with Crippen LogP contribution in [0.4, 0.5) is 0 Å². The molecule has 2 aliphatic heterocycles. The van der Waals surface area contributed by atoms with Crippen molar-refractivity contribution >= 4 is 5.96 Å². The highest BCUT2D eigenvalue weighted by molar-refractivity contribution is 5.81. The number of aliphatic hydroxyl groups is 1. The Labute approximate surface area is 81.5 Å². The number of guanidine groups is 1. The van der Waals surface area contributed by atoms with Gasteiger partial charge < -0.3 is 21.5 Å². The zero-order valence-corrected chi connectivity index (χ0v) is 7.66. The van der Waals surface area contributed by atoms with Crippen molar-refractivity contribution < 1.29 is 10.2 Å². The number of aliphatic imine (C=N–C) groups is 1. The molecular weight excluding hydrogens is 184 g/mol. The monoisotopic (exact) mass is 197 g/mol. The van der Waals surface area contributed by atoms with Crippen molar-refractivity contribution in [3.63, 3.8) is 0 Å². The molecule has 0 aromatic heterocycles.